The van der Waals surface area contributed by atoms with Crippen LogP contribution in [0.2, 0.25) is 0 Å². The summed E-state index contributed by atoms with van der Waals surface area (Å²) in [7, 11) is 0. The smallest absolute Gasteiger partial charge is 0.161 e. The number of nitrogens with zero attached hydrogens (tertiary/aromatic N) is 2. The number of fused-ring (bicyclic) bond motifs is 1. The molecule has 1 aliphatic rings. The molecule has 0 atom stereocenters. The number of aromatic nitrogens is 2. The van der Waals surface area contributed by atoms with E-state index in [0.29, 0.717) is 36.1 Å². The number of nitrogens with one attached hydrogen (secondary N) is 1. The molecule has 1 fully saturated rings. The van der Waals surface area contributed by atoms with Gasteiger partial charge in [-0.15, -0.1) is 0 Å². The molecule has 0 aliphatic carbocycles. The van der Waals surface area contributed by atoms with Crippen LogP contribution in [0, 0.1) is 5.82 Å². The van der Waals surface area contributed by atoms with Crippen LogP contribution in [0.1, 0.15) is 6.92 Å². The highest BCUT2D eigenvalue weighted by molar-refractivity contribution is 5.79. The molecular formula is C21H24FN3O3. The minimum atomic E-state index is -0.290. The molecule has 1 aromatic heterocycles. The highest BCUT2D eigenvalue weighted by Crippen LogP contribution is 2.32. The van der Waals surface area contributed by atoms with E-state index in [4.69, 9.17) is 14.2 Å². The lowest BCUT2D eigenvalue weighted by atomic mass is 10.2. The Morgan fingerprint density at radius 1 is 1.11 bits per heavy atom. The second-order valence-electron chi connectivity index (χ2n) is 6.64. The van der Waals surface area contributed by atoms with E-state index in [9.17, 15) is 4.39 Å². The van der Waals surface area contributed by atoms with Gasteiger partial charge in [-0.3, -0.25) is 4.90 Å². The van der Waals surface area contributed by atoms with Gasteiger partial charge < -0.3 is 19.2 Å². The van der Waals surface area contributed by atoms with Crippen LogP contribution in [0.15, 0.2) is 36.4 Å². The molecular weight excluding hydrogens is 361 g/mol. The minimum absolute atomic E-state index is 0.290. The van der Waals surface area contributed by atoms with Crippen molar-refractivity contribution in [2.24, 2.45) is 0 Å². The van der Waals surface area contributed by atoms with Crippen LogP contribution >= 0.6 is 0 Å². The molecule has 28 heavy (non-hydrogen) atoms. The van der Waals surface area contributed by atoms with E-state index in [1.807, 2.05) is 25.1 Å². The summed E-state index contributed by atoms with van der Waals surface area (Å²) in [5.41, 5.74) is 2.25. The van der Waals surface area contributed by atoms with Gasteiger partial charge in [0.15, 0.2) is 11.5 Å². The molecule has 1 N–H and O–H groups in total. The first kappa shape index (κ1) is 18.7. The van der Waals surface area contributed by atoms with Crippen molar-refractivity contribution in [3.8, 4) is 22.9 Å². The summed E-state index contributed by atoms with van der Waals surface area (Å²) in [6.07, 6.45) is 0. The Balaban J connectivity index is 1.50. The molecule has 0 unspecified atom stereocenters. The number of imidazole rings is 1. The molecule has 1 aliphatic heterocycles. The number of H-pyrrole nitrogens is 1. The second kappa shape index (κ2) is 8.58. The molecule has 6 nitrogen and oxygen atoms in total. The predicted molar refractivity (Wildman–Crippen MR) is 105 cm³/mol. The van der Waals surface area contributed by atoms with Gasteiger partial charge in [0.25, 0.3) is 0 Å². The molecule has 0 amide bonds. The van der Waals surface area contributed by atoms with Crippen molar-refractivity contribution in [3.05, 3.63) is 42.2 Å². The first-order valence-corrected chi connectivity index (χ1v) is 9.58. The maximum atomic E-state index is 13.4. The number of ether oxygens (including phenoxy) is 3. The lowest BCUT2D eigenvalue weighted by molar-refractivity contribution is 0.0321. The first-order valence-electron chi connectivity index (χ1n) is 9.58. The number of morpholine rings is 1. The highest BCUT2D eigenvalue weighted by Gasteiger charge is 2.13. The monoisotopic (exact) mass is 385 g/mol. The van der Waals surface area contributed by atoms with E-state index in [-0.39, 0.29) is 5.82 Å². The van der Waals surface area contributed by atoms with E-state index in [2.05, 4.69) is 14.9 Å². The molecule has 2 heterocycles. The van der Waals surface area contributed by atoms with Gasteiger partial charge in [0.2, 0.25) is 0 Å². The molecule has 0 radical (unpaired) electrons. The molecule has 148 valence electrons. The second-order valence-corrected chi connectivity index (χ2v) is 6.64. The van der Waals surface area contributed by atoms with Gasteiger partial charge >= 0.3 is 0 Å². The first-order chi connectivity index (χ1) is 13.7. The average molecular weight is 385 g/mol. The van der Waals surface area contributed by atoms with Gasteiger partial charge in [-0.1, -0.05) is 0 Å². The summed E-state index contributed by atoms with van der Waals surface area (Å²) in [4.78, 5) is 10.0. The molecule has 4 rings (SSSR count). The third-order valence-corrected chi connectivity index (χ3v) is 4.73. The number of rotatable bonds is 7. The largest absolute Gasteiger partial charge is 0.490 e. The van der Waals surface area contributed by atoms with E-state index in [1.165, 1.54) is 12.1 Å². The maximum Gasteiger partial charge on any atom is 0.161 e. The van der Waals surface area contributed by atoms with Crippen molar-refractivity contribution in [1.29, 1.82) is 0 Å². The Bertz CT molecular complexity index is 938. The van der Waals surface area contributed by atoms with E-state index < -0.39 is 0 Å². The fourth-order valence-corrected chi connectivity index (χ4v) is 3.27. The van der Waals surface area contributed by atoms with Crippen LogP contribution in [0.25, 0.3) is 22.4 Å². The Hall–Kier alpha value is -2.64. The fraction of sp³-hybridized carbons (Fsp3) is 0.381. The lowest BCUT2D eigenvalue weighted by Gasteiger charge is -2.26. The number of hydrogen-bond acceptors (Lipinski definition) is 5. The zero-order chi connectivity index (χ0) is 19.3. The summed E-state index contributed by atoms with van der Waals surface area (Å²) in [5.74, 6) is 1.76. The molecule has 0 bridgehead atoms. The summed E-state index contributed by atoms with van der Waals surface area (Å²) in [6, 6.07) is 10.2. The van der Waals surface area contributed by atoms with Gasteiger partial charge in [0, 0.05) is 25.2 Å². The summed E-state index contributed by atoms with van der Waals surface area (Å²) in [6.45, 7) is 7.35. The van der Waals surface area contributed by atoms with Gasteiger partial charge in [-0.2, -0.15) is 0 Å². The number of halogens is 1. The molecule has 7 heteroatoms. The van der Waals surface area contributed by atoms with Crippen LogP contribution in [0.3, 0.4) is 0 Å². The highest BCUT2D eigenvalue weighted by atomic mass is 19.1. The summed E-state index contributed by atoms with van der Waals surface area (Å²) >= 11 is 0. The molecule has 3 aromatic rings. The van der Waals surface area contributed by atoms with Crippen molar-refractivity contribution >= 4 is 11.0 Å². The number of aromatic amines is 1. The number of hydrogen-bond donors (Lipinski definition) is 1. The zero-order valence-corrected chi connectivity index (χ0v) is 15.9. The summed E-state index contributed by atoms with van der Waals surface area (Å²) in [5, 5.41) is 0. The van der Waals surface area contributed by atoms with Crippen LogP contribution in [0.5, 0.6) is 11.5 Å². The third kappa shape index (κ3) is 4.26. The molecule has 0 saturated carbocycles. The quantitative estimate of drug-likeness (QED) is 0.675. The van der Waals surface area contributed by atoms with Gasteiger partial charge in [0.1, 0.15) is 18.2 Å². The molecule has 1 saturated heterocycles. The zero-order valence-electron chi connectivity index (χ0n) is 15.9. The van der Waals surface area contributed by atoms with Crippen molar-refractivity contribution in [3.63, 3.8) is 0 Å². The lowest BCUT2D eigenvalue weighted by Crippen LogP contribution is -2.38. The van der Waals surface area contributed by atoms with E-state index >= 15 is 0 Å². The minimum Gasteiger partial charge on any atom is -0.490 e. The normalized spacial score (nSPS) is 15.1. The van der Waals surface area contributed by atoms with E-state index in [0.717, 1.165) is 43.9 Å². The van der Waals surface area contributed by atoms with Crippen LogP contribution in [0.4, 0.5) is 4.39 Å². The number of benzene rings is 2. The van der Waals surface area contributed by atoms with Gasteiger partial charge in [-0.05, 0) is 43.3 Å². The van der Waals surface area contributed by atoms with Crippen molar-refractivity contribution in [1.82, 2.24) is 14.9 Å². The van der Waals surface area contributed by atoms with Crippen LogP contribution in [-0.4, -0.2) is 60.9 Å². The van der Waals surface area contributed by atoms with Crippen LogP contribution < -0.4 is 9.47 Å². The Kier molecular flexibility index (Phi) is 5.73. The molecule has 2 aromatic carbocycles. The topological polar surface area (TPSA) is 59.6 Å². The van der Waals surface area contributed by atoms with Crippen molar-refractivity contribution in [2.75, 3.05) is 46.1 Å². The standard InChI is InChI=1S/C21H24FN3O3/c1-2-27-20-13-15(21-23-17-5-4-16(22)14-18(17)24-21)3-6-19(20)28-12-9-25-7-10-26-11-8-25/h3-6,13-14H,2,7-12H2,1H3,(H,23,24). The summed E-state index contributed by atoms with van der Waals surface area (Å²) < 4.78 is 30.5. The van der Waals surface area contributed by atoms with Crippen LogP contribution in [-0.2, 0) is 4.74 Å². The van der Waals surface area contributed by atoms with Gasteiger partial charge in [-0.25, -0.2) is 9.37 Å². The Morgan fingerprint density at radius 2 is 1.96 bits per heavy atom. The fourth-order valence-electron chi connectivity index (χ4n) is 3.27. The van der Waals surface area contributed by atoms with Crippen molar-refractivity contribution in [2.45, 2.75) is 6.92 Å². The Morgan fingerprint density at radius 3 is 2.79 bits per heavy atom. The SMILES string of the molecule is CCOc1cc(-c2nc3ccc(F)cc3[nH]2)ccc1OCCN1CCOCC1. The average Bonchev–Trinajstić information content (AvgIpc) is 3.13. The maximum absolute atomic E-state index is 13.4. The third-order valence-electron chi connectivity index (χ3n) is 4.73. The Labute approximate surface area is 163 Å². The predicted octanol–water partition coefficient (Wildman–Crippen LogP) is 3.48. The molecule has 0 spiro atoms. The van der Waals surface area contributed by atoms with E-state index in [1.54, 1.807) is 6.07 Å². The van der Waals surface area contributed by atoms with Gasteiger partial charge in [0.05, 0.1) is 30.9 Å². The van der Waals surface area contributed by atoms with Crippen molar-refractivity contribution < 1.29 is 18.6 Å².